The van der Waals surface area contributed by atoms with Gasteiger partial charge >= 0.3 is 0 Å². The van der Waals surface area contributed by atoms with Crippen molar-refractivity contribution < 1.29 is 9.53 Å². The lowest BCUT2D eigenvalue weighted by Crippen LogP contribution is -2.42. The molecule has 1 aromatic rings. The quantitative estimate of drug-likeness (QED) is 0.795. The minimum absolute atomic E-state index is 0.0207. The van der Waals surface area contributed by atoms with Gasteiger partial charge in [-0.15, -0.1) is 0 Å². The molecule has 3 rings (SSSR count). The Morgan fingerprint density at radius 1 is 1.32 bits per heavy atom. The standard InChI is InChI=1S/C20H31N3O2/c1-23(2)10-11-25-17-8-5-6-15(12-17)14-21-20(24)19-13-16-7-3-4-9-18(16)22-19/h5-6,8,12,16,18-19,22H,3-4,7,9-11,13-14H2,1-2H3,(H,21,24). The number of nitrogens with zero attached hydrogens (tertiary/aromatic N) is 1. The fourth-order valence-corrected chi connectivity index (χ4v) is 3.92. The molecule has 0 radical (unpaired) electrons. The van der Waals surface area contributed by atoms with Gasteiger partial charge in [0, 0.05) is 19.1 Å². The van der Waals surface area contributed by atoms with E-state index in [0.717, 1.165) is 24.3 Å². The van der Waals surface area contributed by atoms with E-state index < -0.39 is 0 Å². The molecule has 1 saturated carbocycles. The van der Waals surface area contributed by atoms with Gasteiger partial charge in [-0.25, -0.2) is 0 Å². The van der Waals surface area contributed by atoms with Crippen LogP contribution in [0.15, 0.2) is 24.3 Å². The van der Waals surface area contributed by atoms with Gasteiger partial charge in [-0.05, 0) is 57.0 Å². The van der Waals surface area contributed by atoms with Crippen LogP contribution in [-0.4, -0.2) is 50.1 Å². The van der Waals surface area contributed by atoms with Gasteiger partial charge in [0.1, 0.15) is 12.4 Å². The Labute approximate surface area is 151 Å². The summed E-state index contributed by atoms with van der Waals surface area (Å²) in [5.41, 5.74) is 1.08. The molecule has 1 heterocycles. The summed E-state index contributed by atoms with van der Waals surface area (Å²) in [4.78, 5) is 14.6. The zero-order valence-corrected chi connectivity index (χ0v) is 15.5. The van der Waals surface area contributed by atoms with E-state index >= 15 is 0 Å². The fraction of sp³-hybridized carbons (Fsp3) is 0.650. The first kappa shape index (κ1) is 18.2. The van der Waals surface area contributed by atoms with Gasteiger partial charge in [0.25, 0.3) is 0 Å². The minimum Gasteiger partial charge on any atom is -0.492 e. The third-order valence-corrected chi connectivity index (χ3v) is 5.35. The molecule has 1 amide bonds. The van der Waals surface area contributed by atoms with Crippen LogP contribution in [0.3, 0.4) is 0 Å². The number of rotatable bonds is 7. The molecule has 2 aliphatic rings. The maximum absolute atomic E-state index is 12.5. The summed E-state index contributed by atoms with van der Waals surface area (Å²) in [6.45, 7) is 2.10. The highest BCUT2D eigenvalue weighted by Gasteiger charge is 2.37. The number of amides is 1. The minimum atomic E-state index is -0.0207. The molecule has 3 atom stereocenters. The van der Waals surface area contributed by atoms with Crippen molar-refractivity contribution in [3.63, 3.8) is 0 Å². The van der Waals surface area contributed by atoms with E-state index in [1.165, 1.54) is 25.7 Å². The van der Waals surface area contributed by atoms with Crippen LogP contribution in [0.5, 0.6) is 5.75 Å². The van der Waals surface area contributed by atoms with Gasteiger partial charge in [-0.2, -0.15) is 0 Å². The lowest BCUT2D eigenvalue weighted by Gasteiger charge is -2.24. The Bertz CT molecular complexity index is 562. The van der Waals surface area contributed by atoms with E-state index in [0.29, 0.717) is 25.1 Å². The molecule has 138 valence electrons. The first-order valence-corrected chi connectivity index (χ1v) is 9.52. The van der Waals surface area contributed by atoms with Crippen LogP contribution in [0.25, 0.3) is 0 Å². The van der Waals surface area contributed by atoms with Crippen molar-refractivity contribution in [2.75, 3.05) is 27.2 Å². The molecular weight excluding hydrogens is 314 g/mol. The van der Waals surface area contributed by atoms with E-state index in [-0.39, 0.29) is 11.9 Å². The number of likely N-dealkylation sites (N-methyl/N-ethyl adjacent to an activating group) is 1. The van der Waals surface area contributed by atoms with Crippen LogP contribution >= 0.6 is 0 Å². The number of benzene rings is 1. The molecular formula is C20H31N3O2. The van der Waals surface area contributed by atoms with Crippen LogP contribution in [0.4, 0.5) is 0 Å². The topological polar surface area (TPSA) is 53.6 Å². The molecule has 25 heavy (non-hydrogen) atoms. The second-order valence-electron chi connectivity index (χ2n) is 7.62. The van der Waals surface area contributed by atoms with E-state index in [9.17, 15) is 4.79 Å². The van der Waals surface area contributed by atoms with Crippen molar-refractivity contribution in [1.29, 1.82) is 0 Å². The maximum atomic E-state index is 12.5. The smallest absolute Gasteiger partial charge is 0.237 e. The summed E-state index contributed by atoms with van der Waals surface area (Å²) in [6.07, 6.45) is 6.10. The highest BCUT2D eigenvalue weighted by Crippen LogP contribution is 2.33. The maximum Gasteiger partial charge on any atom is 0.237 e. The Morgan fingerprint density at radius 3 is 2.96 bits per heavy atom. The van der Waals surface area contributed by atoms with E-state index in [4.69, 9.17) is 4.74 Å². The number of fused-ring (bicyclic) bond motifs is 1. The zero-order valence-electron chi connectivity index (χ0n) is 15.5. The molecule has 1 aromatic carbocycles. The summed E-state index contributed by atoms with van der Waals surface area (Å²) >= 11 is 0. The van der Waals surface area contributed by atoms with Crippen LogP contribution in [0, 0.1) is 5.92 Å². The Morgan fingerprint density at radius 2 is 2.16 bits per heavy atom. The molecule has 5 heteroatoms. The third kappa shape index (κ3) is 5.19. The number of hydrogen-bond donors (Lipinski definition) is 2. The number of carbonyl (C=O) groups is 1. The molecule has 3 unspecified atom stereocenters. The van der Waals surface area contributed by atoms with E-state index in [1.807, 2.05) is 38.4 Å². The molecule has 0 bridgehead atoms. The van der Waals surface area contributed by atoms with Gasteiger partial charge in [-0.3, -0.25) is 4.79 Å². The van der Waals surface area contributed by atoms with E-state index in [1.54, 1.807) is 0 Å². The molecule has 1 aliphatic carbocycles. The monoisotopic (exact) mass is 345 g/mol. The van der Waals surface area contributed by atoms with Crippen LogP contribution in [0.1, 0.15) is 37.7 Å². The van der Waals surface area contributed by atoms with Crippen LogP contribution in [0.2, 0.25) is 0 Å². The summed E-state index contributed by atoms with van der Waals surface area (Å²) in [5, 5.41) is 6.62. The Hall–Kier alpha value is -1.59. The lowest BCUT2D eigenvalue weighted by molar-refractivity contribution is -0.123. The molecule has 5 nitrogen and oxygen atoms in total. The van der Waals surface area contributed by atoms with Gasteiger partial charge < -0.3 is 20.3 Å². The van der Waals surface area contributed by atoms with Crippen molar-refractivity contribution in [3.8, 4) is 5.75 Å². The summed E-state index contributed by atoms with van der Waals surface area (Å²) in [5.74, 6) is 1.69. The summed E-state index contributed by atoms with van der Waals surface area (Å²) in [7, 11) is 4.06. The Balaban J connectivity index is 1.45. The molecule has 0 spiro atoms. The normalized spacial score (nSPS) is 25.6. The average molecular weight is 345 g/mol. The second-order valence-corrected chi connectivity index (χ2v) is 7.62. The van der Waals surface area contributed by atoms with Gasteiger partial charge in [0.05, 0.1) is 6.04 Å². The van der Waals surface area contributed by atoms with Crippen molar-refractivity contribution in [2.24, 2.45) is 5.92 Å². The first-order valence-electron chi connectivity index (χ1n) is 9.52. The molecule has 0 aromatic heterocycles. The zero-order chi connectivity index (χ0) is 17.6. The van der Waals surface area contributed by atoms with Crippen LogP contribution in [-0.2, 0) is 11.3 Å². The highest BCUT2D eigenvalue weighted by molar-refractivity contribution is 5.82. The van der Waals surface area contributed by atoms with Gasteiger partial charge in [0.15, 0.2) is 0 Å². The third-order valence-electron chi connectivity index (χ3n) is 5.35. The highest BCUT2D eigenvalue weighted by atomic mass is 16.5. The molecule has 1 aliphatic heterocycles. The largest absolute Gasteiger partial charge is 0.492 e. The van der Waals surface area contributed by atoms with E-state index in [2.05, 4.69) is 15.5 Å². The number of ether oxygens (including phenoxy) is 1. The summed E-state index contributed by atoms with van der Waals surface area (Å²) < 4.78 is 5.76. The van der Waals surface area contributed by atoms with Crippen LogP contribution < -0.4 is 15.4 Å². The molecule has 1 saturated heterocycles. The predicted octanol–water partition coefficient (Wildman–Crippen LogP) is 2.16. The molecule has 2 N–H and O–H groups in total. The number of carbonyl (C=O) groups excluding carboxylic acids is 1. The van der Waals surface area contributed by atoms with Crippen molar-refractivity contribution in [3.05, 3.63) is 29.8 Å². The summed E-state index contributed by atoms with van der Waals surface area (Å²) in [6, 6.07) is 8.52. The second kappa shape index (κ2) is 8.68. The van der Waals surface area contributed by atoms with Gasteiger partial charge in [-0.1, -0.05) is 25.0 Å². The fourth-order valence-electron chi connectivity index (χ4n) is 3.92. The lowest BCUT2D eigenvalue weighted by atomic mass is 9.85. The SMILES string of the molecule is CN(C)CCOc1cccc(CNC(=O)C2CC3CCCCC3N2)c1. The van der Waals surface area contributed by atoms with Crippen molar-refractivity contribution in [2.45, 2.75) is 50.7 Å². The number of hydrogen-bond acceptors (Lipinski definition) is 4. The van der Waals surface area contributed by atoms with Gasteiger partial charge in [0.2, 0.25) is 5.91 Å². The number of nitrogens with one attached hydrogen (secondary N) is 2. The predicted molar refractivity (Wildman–Crippen MR) is 99.6 cm³/mol. The Kier molecular flexibility index (Phi) is 6.32. The average Bonchev–Trinajstić information content (AvgIpc) is 3.04. The molecule has 2 fully saturated rings. The first-order chi connectivity index (χ1) is 12.1. The van der Waals surface area contributed by atoms with Crippen molar-refractivity contribution >= 4 is 5.91 Å². The van der Waals surface area contributed by atoms with Crippen molar-refractivity contribution in [1.82, 2.24) is 15.5 Å².